The largest absolute Gasteiger partial charge is 0.330 e. The number of nitrogens with zero attached hydrogens (tertiary/aromatic N) is 2. The maximum absolute atomic E-state index is 13.9. The van der Waals surface area contributed by atoms with E-state index < -0.39 is 6.04 Å². The molecule has 0 aliphatic carbocycles. The molecule has 0 saturated heterocycles. The van der Waals surface area contributed by atoms with E-state index in [2.05, 4.69) is 0 Å². The number of rotatable bonds is 6. The van der Waals surface area contributed by atoms with Gasteiger partial charge in [0.1, 0.15) is 12.4 Å². The summed E-state index contributed by atoms with van der Waals surface area (Å²) in [6.45, 7) is 0.392. The van der Waals surface area contributed by atoms with E-state index in [-0.39, 0.29) is 30.7 Å². The molecule has 0 unspecified atom stereocenters. The van der Waals surface area contributed by atoms with Crippen LogP contribution in [0.25, 0.3) is 0 Å². The quantitative estimate of drug-likeness (QED) is 0.232. The monoisotopic (exact) mass is 586 g/mol. The Morgan fingerprint density at radius 2 is 1.71 bits per heavy atom. The maximum atomic E-state index is 13.9. The molecule has 9 heteroatoms. The zero-order valence-corrected chi connectivity index (χ0v) is 23.1. The lowest BCUT2D eigenvalue weighted by Crippen LogP contribution is -2.46. The number of halogens is 4. The summed E-state index contributed by atoms with van der Waals surface area (Å²) < 4.78 is 13.5. The standard InChI is InChI=1S/C29H22Cl3FN2O2S/c30-19-7-10-21(25(32)15-19)28-23-12-14-38-26(23)11-13-35(28)27(36)17-34(16-18-5-8-20(33)9-6-18)29(37)22-3-1-2-4-24(22)31/h1-10,12,14-15,28H,11,13,16-17H2/t28-/m0/s1. The minimum absolute atomic E-state index is 0.111. The average Bonchev–Trinajstić information content (AvgIpc) is 3.38. The van der Waals surface area contributed by atoms with E-state index in [9.17, 15) is 14.0 Å². The fraction of sp³-hybridized carbons (Fsp3) is 0.172. The van der Waals surface area contributed by atoms with Crippen molar-refractivity contribution < 1.29 is 14.0 Å². The Hall–Kier alpha value is -2.90. The van der Waals surface area contributed by atoms with Gasteiger partial charge >= 0.3 is 0 Å². The first-order valence-corrected chi connectivity index (χ1v) is 13.9. The predicted octanol–water partition coefficient (Wildman–Crippen LogP) is 7.66. The Kier molecular flexibility index (Phi) is 8.05. The van der Waals surface area contributed by atoms with Gasteiger partial charge in [0, 0.05) is 28.0 Å². The highest BCUT2D eigenvalue weighted by Gasteiger charge is 2.35. The summed E-state index contributed by atoms with van der Waals surface area (Å²) in [5, 5.41) is 3.28. The van der Waals surface area contributed by atoms with Crippen LogP contribution in [-0.2, 0) is 17.8 Å². The first-order chi connectivity index (χ1) is 18.3. The predicted molar refractivity (Wildman–Crippen MR) is 151 cm³/mol. The molecule has 0 bridgehead atoms. The van der Waals surface area contributed by atoms with E-state index in [0.29, 0.717) is 39.2 Å². The van der Waals surface area contributed by atoms with Crippen LogP contribution in [0.1, 0.15) is 38.0 Å². The summed E-state index contributed by atoms with van der Waals surface area (Å²) in [6, 6.07) is 19.4. The van der Waals surface area contributed by atoms with Gasteiger partial charge in [-0.05, 0) is 71.0 Å². The summed E-state index contributed by atoms with van der Waals surface area (Å²) in [5.41, 5.74) is 2.77. The molecule has 1 aromatic heterocycles. The molecule has 0 spiro atoms. The zero-order valence-electron chi connectivity index (χ0n) is 20.0. The highest BCUT2D eigenvalue weighted by Crippen LogP contribution is 2.41. The Balaban J connectivity index is 1.49. The summed E-state index contributed by atoms with van der Waals surface area (Å²) in [5.74, 6) is -1.00. The molecule has 5 rings (SSSR count). The second-order valence-corrected chi connectivity index (χ2v) is 11.2. The molecule has 194 valence electrons. The molecule has 3 aromatic carbocycles. The summed E-state index contributed by atoms with van der Waals surface area (Å²) in [7, 11) is 0. The highest BCUT2D eigenvalue weighted by atomic mass is 35.5. The lowest BCUT2D eigenvalue weighted by atomic mass is 9.93. The van der Waals surface area contributed by atoms with Crippen LogP contribution in [0.2, 0.25) is 15.1 Å². The molecular weight excluding hydrogens is 566 g/mol. The van der Waals surface area contributed by atoms with Crippen LogP contribution in [-0.4, -0.2) is 34.7 Å². The van der Waals surface area contributed by atoms with Crippen molar-refractivity contribution in [3.05, 3.63) is 126 Å². The smallest absolute Gasteiger partial charge is 0.256 e. The molecular formula is C29H22Cl3FN2O2S. The molecule has 1 atom stereocenters. The summed E-state index contributed by atoms with van der Waals surface area (Å²) in [6.07, 6.45) is 0.705. The molecule has 2 heterocycles. The molecule has 1 aliphatic rings. The van der Waals surface area contributed by atoms with Gasteiger partial charge in [0.15, 0.2) is 0 Å². The van der Waals surface area contributed by atoms with E-state index in [4.69, 9.17) is 34.8 Å². The zero-order chi connectivity index (χ0) is 26.8. The number of fused-ring (bicyclic) bond motifs is 1. The summed E-state index contributed by atoms with van der Waals surface area (Å²) >= 11 is 20.7. The Morgan fingerprint density at radius 3 is 2.45 bits per heavy atom. The van der Waals surface area contributed by atoms with Crippen molar-refractivity contribution in [3.8, 4) is 0 Å². The number of benzene rings is 3. The van der Waals surface area contributed by atoms with Gasteiger partial charge in [0.2, 0.25) is 5.91 Å². The number of hydrogen-bond donors (Lipinski definition) is 0. The van der Waals surface area contributed by atoms with Crippen LogP contribution in [0.3, 0.4) is 0 Å². The second-order valence-electron chi connectivity index (χ2n) is 8.97. The van der Waals surface area contributed by atoms with Gasteiger partial charge in [0.25, 0.3) is 5.91 Å². The third-order valence-electron chi connectivity index (χ3n) is 6.55. The fourth-order valence-corrected chi connectivity index (χ4v) is 6.34. The van der Waals surface area contributed by atoms with Crippen molar-refractivity contribution in [3.63, 3.8) is 0 Å². The van der Waals surface area contributed by atoms with Gasteiger partial charge < -0.3 is 9.80 Å². The van der Waals surface area contributed by atoms with Gasteiger partial charge in [-0.25, -0.2) is 4.39 Å². The Bertz CT molecular complexity index is 1490. The third kappa shape index (κ3) is 5.59. The van der Waals surface area contributed by atoms with Crippen molar-refractivity contribution in [1.82, 2.24) is 9.80 Å². The minimum atomic E-state index is -0.412. The van der Waals surface area contributed by atoms with Crippen molar-refractivity contribution in [2.75, 3.05) is 13.1 Å². The van der Waals surface area contributed by atoms with Crippen LogP contribution < -0.4 is 0 Å². The van der Waals surface area contributed by atoms with E-state index >= 15 is 0 Å². The second kappa shape index (κ2) is 11.5. The maximum Gasteiger partial charge on any atom is 0.256 e. The number of thiophene rings is 1. The molecule has 38 heavy (non-hydrogen) atoms. The topological polar surface area (TPSA) is 40.6 Å². The fourth-order valence-electron chi connectivity index (χ4n) is 4.71. The minimum Gasteiger partial charge on any atom is -0.330 e. The van der Waals surface area contributed by atoms with Crippen molar-refractivity contribution in [2.45, 2.75) is 19.0 Å². The van der Waals surface area contributed by atoms with Gasteiger partial charge in [-0.3, -0.25) is 9.59 Å². The Morgan fingerprint density at radius 1 is 0.947 bits per heavy atom. The van der Waals surface area contributed by atoms with Crippen LogP contribution >= 0.6 is 46.1 Å². The Labute approximate surface area is 239 Å². The molecule has 1 aliphatic heterocycles. The van der Waals surface area contributed by atoms with Gasteiger partial charge in [-0.2, -0.15) is 0 Å². The molecule has 0 saturated carbocycles. The van der Waals surface area contributed by atoms with Crippen LogP contribution in [0.15, 0.2) is 78.2 Å². The first kappa shape index (κ1) is 26.7. The lowest BCUT2D eigenvalue weighted by Gasteiger charge is -2.38. The number of carbonyl (C=O) groups excluding carboxylic acids is 2. The molecule has 0 radical (unpaired) electrons. The molecule has 4 aromatic rings. The van der Waals surface area contributed by atoms with E-state index in [1.54, 1.807) is 64.8 Å². The van der Waals surface area contributed by atoms with Crippen molar-refractivity contribution >= 4 is 58.0 Å². The van der Waals surface area contributed by atoms with Crippen LogP contribution in [0.4, 0.5) is 4.39 Å². The SMILES string of the molecule is O=C(c1ccccc1Cl)N(CC(=O)N1CCc2sccc2[C@@H]1c1ccc(Cl)cc1Cl)Cc1ccc(F)cc1. The molecule has 4 nitrogen and oxygen atoms in total. The first-order valence-electron chi connectivity index (χ1n) is 11.9. The van der Waals surface area contributed by atoms with E-state index in [0.717, 1.165) is 11.1 Å². The molecule has 0 fully saturated rings. The number of hydrogen-bond acceptors (Lipinski definition) is 3. The number of carbonyl (C=O) groups is 2. The van der Waals surface area contributed by atoms with Crippen molar-refractivity contribution in [1.29, 1.82) is 0 Å². The highest BCUT2D eigenvalue weighted by molar-refractivity contribution is 7.10. The van der Waals surface area contributed by atoms with Crippen molar-refractivity contribution in [2.24, 2.45) is 0 Å². The normalized spacial score (nSPS) is 14.7. The third-order valence-corrected chi connectivity index (χ3v) is 8.44. The van der Waals surface area contributed by atoms with Crippen LogP contribution in [0.5, 0.6) is 0 Å². The van der Waals surface area contributed by atoms with Gasteiger partial charge in [-0.15, -0.1) is 11.3 Å². The van der Waals surface area contributed by atoms with Crippen LogP contribution in [0, 0.1) is 5.82 Å². The van der Waals surface area contributed by atoms with Gasteiger partial charge in [0.05, 0.1) is 16.6 Å². The van der Waals surface area contributed by atoms with E-state index in [1.165, 1.54) is 21.9 Å². The van der Waals surface area contributed by atoms with Gasteiger partial charge in [-0.1, -0.05) is 65.1 Å². The summed E-state index contributed by atoms with van der Waals surface area (Å²) in [4.78, 5) is 32.0. The molecule has 2 amide bonds. The number of amides is 2. The lowest BCUT2D eigenvalue weighted by molar-refractivity contribution is -0.134. The van der Waals surface area contributed by atoms with E-state index in [1.807, 2.05) is 17.5 Å². The molecule has 0 N–H and O–H groups in total. The average molecular weight is 588 g/mol.